The van der Waals surface area contributed by atoms with E-state index in [2.05, 4.69) is 36.7 Å². The fourth-order valence-electron chi connectivity index (χ4n) is 5.35. The zero-order valence-electron chi connectivity index (χ0n) is 20.9. The SMILES string of the molecule is N#Cc1ccc(N2CCC[C@H](N[C@@H]3CCCC[C@H]3Nc3cn(-c4ccc(OC(F)(F)F)cc4)nn3)C2)cc1. The normalized spacial score (nSPS) is 22.1. The van der Waals surface area contributed by atoms with Crippen molar-refractivity contribution in [2.24, 2.45) is 0 Å². The van der Waals surface area contributed by atoms with Crippen LogP contribution in [-0.4, -0.2) is 52.6 Å². The maximum atomic E-state index is 12.4. The molecule has 0 radical (unpaired) electrons. The van der Waals surface area contributed by atoms with Gasteiger partial charge in [0, 0.05) is 36.9 Å². The van der Waals surface area contributed by atoms with Crippen LogP contribution >= 0.6 is 0 Å². The van der Waals surface area contributed by atoms with Crippen LogP contribution in [0.25, 0.3) is 5.69 Å². The highest BCUT2D eigenvalue weighted by molar-refractivity contribution is 5.50. The van der Waals surface area contributed by atoms with Crippen molar-refractivity contribution in [3.8, 4) is 17.5 Å². The number of hydrogen-bond donors (Lipinski definition) is 2. The molecule has 38 heavy (non-hydrogen) atoms. The first-order valence-electron chi connectivity index (χ1n) is 12.9. The van der Waals surface area contributed by atoms with E-state index in [1.165, 1.54) is 35.4 Å². The largest absolute Gasteiger partial charge is 0.573 e. The number of rotatable bonds is 7. The standard InChI is InChI=1S/C27H30F3N7O/c28-27(29,30)38-23-13-11-22(12-14-23)37-18-26(34-35-37)33-25-6-2-1-5-24(25)32-20-4-3-15-36(17-20)21-9-7-19(16-31)8-10-21/h7-14,18,20,24-25,32-33H,1-6,15,17H2/t20-,24+,25+/m0/s1. The van der Waals surface area contributed by atoms with Crippen molar-refractivity contribution in [1.82, 2.24) is 20.3 Å². The number of ether oxygens (including phenoxy) is 1. The number of nitrogens with one attached hydrogen (secondary N) is 2. The molecule has 200 valence electrons. The van der Waals surface area contributed by atoms with Crippen LogP contribution in [0.2, 0.25) is 0 Å². The van der Waals surface area contributed by atoms with Crippen molar-refractivity contribution < 1.29 is 17.9 Å². The van der Waals surface area contributed by atoms with Gasteiger partial charge in [0.1, 0.15) is 5.75 Å². The van der Waals surface area contributed by atoms with Crippen LogP contribution in [0.1, 0.15) is 44.1 Å². The lowest BCUT2D eigenvalue weighted by atomic mass is 9.89. The Balaban J connectivity index is 1.19. The summed E-state index contributed by atoms with van der Waals surface area (Å²) in [5.74, 6) is 0.346. The highest BCUT2D eigenvalue weighted by atomic mass is 19.4. The van der Waals surface area contributed by atoms with Gasteiger partial charge in [-0.2, -0.15) is 5.26 Å². The van der Waals surface area contributed by atoms with Gasteiger partial charge in [-0.05, 0) is 74.2 Å². The molecule has 0 unspecified atom stereocenters. The molecular formula is C27H30F3N7O. The average molecular weight is 526 g/mol. The lowest BCUT2D eigenvalue weighted by Crippen LogP contribution is -2.54. The van der Waals surface area contributed by atoms with Crippen LogP contribution in [0.3, 0.4) is 0 Å². The number of benzene rings is 2. The molecule has 1 aliphatic heterocycles. The van der Waals surface area contributed by atoms with Crippen molar-refractivity contribution in [3.05, 3.63) is 60.3 Å². The summed E-state index contributed by atoms with van der Waals surface area (Å²) in [6, 6.07) is 16.3. The highest BCUT2D eigenvalue weighted by Crippen LogP contribution is 2.26. The second-order valence-electron chi connectivity index (χ2n) is 9.84. The molecule has 11 heteroatoms. The molecule has 3 atom stereocenters. The van der Waals surface area contributed by atoms with Crippen molar-refractivity contribution >= 4 is 11.5 Å². The van der Waals surface area contributed by atoms with E-state index in [0.717, 1.165) is 50.9 Å². The van der Waals surface area contributed by atoms with E-state index in [0.29, 0.717) is 29.2 Å². The number of aromatic nitrogens is 3. The van der Waals surface area contributed by atoms with Crippen molar-refractivity contribution in [2.45, 2.75) is 63.0 Å². The molecule has 2 heterocycles. The predicted molar refractivity (Wildman–Crippen MR) is 137 cm³/mol. The van der Waals surface area contributed by atoms with E-state index in [9.17, 15) is 13.2 Å². The Labute approximate surface area is 219 Å². The number of piperidine rings is 1. The molecule has 0 bridgehead atoms. The third-order valence-corrected chi connectivity index (χ3v) is 7.16. The molecule has 5 rings (SSSR count). The van der Waals surface area contributed by atoms with Gasteiger partial charge in [-0.3, -0.25) is 0 Å². The van der Waals surface area contributed by atoms with Gasteiger partial charge in [0.05, 0.1) is 23.5 Å². The fraction of sp³-hybridized carbons (Fsp3) is 0.444. The van der Waals surface area contributed by atoms with Gasteiger partial charge in [0.25, 0.3) is 0 Å². The lowest BCUT2D eigenvalue weighted by Gasteiger charge is -2.40. The number of nitrogens with zero attached hydrogens (tertiary/aromatic N) is 5. The van der Waals surface area contributed by atoms with E-state index in [4.69, 9.17) is 5.26 Å². The minimum Gasteiger partial charge on any atom is -0.406 e. The number of anilines is 2. The zero-order valence-corrected chi connectivity index (χ0v) is 20.9. The van der Waals surface area contributed by atoms with Gasteiger partial charge in [-0.25, -0.2) is 4.68 Å². The molecule has 3 aromatic rings. The Kier molecular flexibility index (Phi) is 7.69. The Morgan fingerprint density at radius 2 is 1.63 bits per heavy atom. The second kappa shape index (κ2) is 11.3. The third-order valence-electron chi connectivity index (χ3n) is 7.16. The molecule has 1 aromatic heterocycles. The molecule has 0 amide bonds. The quantitative estimate of drug-likeness (QED) is 0.448. The zero-order chi connectivity index (χ0) is 26.5. The van der Waals surface area contributed by atoms with Gasteiger partial charge >= 0.3 is 6.36 Å². The monoisotopic (exact) mass is 525 g/mol. The molecule has 2 aliphatic rings. The van der Waals surface area contributed by atoms with Crippen LogP contribution in [0.5, 0.6) is 5.75 Å². The molecule has 2 fully saturated rings. The predicted octanol–water partition coefficient (Wildman–Crippen LogP) is 5.02. The summed E-state index contributed by atoms with van der Waals surface area (Å²) in [6.45, 7) is 1.92. The molecule has 0 spiro atoms. The Morgan fingerprint density at radius 1 is 0.921 bits per heavy atom. The van der Waals surface area contributed by atoms with E-state index in [-0.39, 0.29) is 11.8 Å². The Morgan fingerprint density at radius 3 is 2.34 bits per heavy atom. The Bertz CT molecular complexity index is 1240. The van der Waals surface area contributed by atoms with Crippen LogP contribution < -0.4 is 20.3 Å². The molecule has 1 saturated carbocycles. The van der Waals surface area contributed by atoms with Crippen molar-refractivity contribution in [3.63, 3.8) is 0 Å². The summed E-state index contributed by atoms with van der Waals surface area (Å²) in [5, 5.41) is 24.9. The first-order valence-corrected chi connectivity index (χ1v) is 12.9. The summed E-state index contributed by atoms with van der Waals surface area (Å²) in [6.07, 6.45) is 3.62. The lowest BCUT2D eigenvalue weighted by molar-refractivity contribution is -0.274. The molecule has 2 aromatic carbocycles. The molecule has 1 saturated heterocycles. The summed E-state index contributed by atoms with van der Waals surface area (Å²) < 4.78 is 42.7. The van der Waals surface area contributed by atoms with Gasteiger partial charge in [-0.1, -0.05) is 18.1 Å². The fourth-order valence-corrected chi connectivity index (χ4v) is 5.35. The molecule has 2 N–H and O–H groups in total. The van der Waals surface area contributed by atoms with E-state index < -0.39 is 6.36 Å². The van der Waals surface area contributed by atoms with Gasteiger partial charge in [0.2, 0.25) is 0 Å². The van der Waals surface area contributed by atoms with Gasteiger partial charge in [0.15, 0.2) is 5.82 Å². The third kappa shape index (κ3) is 6.55. The number of hydrogen-bond acceptors (Lipinski definition) is 7. The van der Waals surface area contributed by atoms with Crippen molar-refractivity contribution in [2.75, 3.05) is 23.3 Å². The van der Waals surface area contributed by atoms with Crippen LogP contribution in [0, 0.1) is 11.3 Å². The Hall–Kier alpha value is -3.78. The second-order valence-corrected chi connectivity index (χ2v) is 9.84. The minimum atomic E-state index is -4.73. The first-order chi connectivity index (χ1) is 18.4. The summed E-state index contributed by atoms with van der Waals surface area (Å²) in [5.41, 5.74) is 2.40. The first kappa shape index (κ1) is 25.9. The number of alkyl halides is 3. The highest BCUT2D eigenvalue weighted by Gasteiger charge is 2.31. The van der Waals surface area contributed by atoms with Crippen LogP contribution in [0.15, 0.2) is 54.7 Å². The molecule has 8 nitrogen and oxygen atoms in total. The summed E-state index contributed by atoms with van der Waals surface area (Å²) >= 11 is 0. The van der Waals surface area contributed by atoms with Crippen LogP contribution in [-0.2, 0) is 0 Å². The van der Waals surface area contributed by atoms with E-state index >= 15 is 0 Å². The van der Waals surface area contributed by atoms with Gasteiger partial charge < -0.3 is 20.3 Å². The van der Waals surface area contributed by atoms with Gasteiger partial charge in [-0.15, -0.1) is 18.3 Å². The topological polar surface area (TPSA) is 91.0 Å². The van der Waals surface area contributed by atoms with E-state index in [1.54, 1.807) is 6.20 Å². The molecular weight excluding hydrogens is 495 g/mol. The average Bonchev–Trinajstić information content (AvgIpc) is 3.38. The number of nitriles is 1. The summed E-state index contributed by atoms with van der Waals surface area (Å²) in [7, 11) is 0. The minimum absolute atomic E-state index is 0.196. The van der Waals surface area contributed by atoms with Crippen LogP contribution in [0.4, 0.5) is 24.7 Å². The van der Waals surface area contributed by atoms with E-state index in [1.807, 2.05) is 24.3 Å². The summed E-state index contributed by atoms with van der Waals surface area (Å²) in [4.78, 5) is 2.38. The molecule has 1 aliphatic carbocycles. The maximum absolute atomic E-state index is 12.4. The van der Waals surface area contributed by atoms with Crippen molar-refractivity contribution in [1.29, 1.82) is 5.26 Å². The smallest absolute Gasteiger partial charge is 0.406 e. The maximum Gasteiger partial charge on any atom is 0.573 e. The number of halogens is 3.